The van der Waals surface area contributed by atoms with E-state index in [1.165, 1.54) is 0 Å². The summed E-state index contributed by atoms with van der Waals surface area (Å²) in [5.74, 6) is 0.827. The van der Waals surface area contributed by atoms with Crippen LogP contribution in [0.4, 0.5) is 5.82 Å². The molecule has 0 aliphatic rings. The van der Waals surface area contributed by atoms with E-state index in [4.69, 9.17) is 14.9 Å². The first-order chi connectivity index (χ1) is 8.22. The number of methoxy groups -OCH3 is 1. The van der Waals surface area contributed by atoms with Gasteiger partial charge in [-0.3, -0.25) is 0 Å². The van der Waals surface area contributed by atoms with Crippen LogP contribution in [-0.4, -0.2) is 48.6 Å². The van der Waals surface area contributed by atoms with Crippen molar-refractivity contribution in [3.63, 3.8) is 0 Å². The Morgan fingerprint density at radius 2 is 2.12 bits per heavy atom. The number of pyridine rings is 1. The summed E-state index contributed by atoms with van der Waals surface area (Å²) >= 11 is 0. The Kier molecular flexibility index (Phi) is 5.90. The fourth-order valence-electron chi connectivity index (χ4n) is 1.69. The molecule has 0 aliphatic heterocycles. The number of aliphatic hydroxyl groups excluding tert-OH is 2. The van der Waals surface area contributed by atoms with Crippen LogP contribution in [0.2, 0.25) is 0 Å². The van der Waals surface area contributed by atoms with Crippen molar-refractivity contribution in [1.29, 1.82) is 0 Å². The van der Waals surface area contributed by atoms with Gasteiger partial charge in [-0.1, -0.05) is 0 Å². The highest BCUT2D eigenvalue weighted by molar-refractivity contribution is 5.47. The summed E-state index contributed by atoms with van der Waals surface area (Å²) in [5.41, 5.74) is 1.78. The molecular formula is C12H20N2O3. The number of hydrogen-bond donors (Lipinski definition) is 2. The van der Waals surface area contributed by atoms with E-state index in [0.29, 0.717) is 19.7 Å². The van der Waals surface area contributed by atoms with Crippen molar-refractivity contribution in [2.45, 2.75) is 13.5 Å². The molecule has 5 nitrogen and oxygen atoms in total. The molecule has 0 aromatic carbocycles. The number of aromatic nitrogens is 1. The lowest BCUT2D eigenvalue weighted by atomic mass is 10.2. The van der Waals surface area contributed by atoms with Gasteiger partial charge in [0.2, 0.25) is 0 Å². The van der Waals surface area contributed by atoms with Crippen molar-refractivity contribution in [3.05, 3.63) is 23.4 Å². The number of aliphatic hydroxyl groups is 2. The molecule has 0 saturated carbocycles. The maximum Gasteiger partial charge on any atom is 0.131 e. The first-order valence-corrected chi connectivity index (χ1v) is 5.64. The third kappa shape index (κ3) is 3.96. The van der Waals surface area contributed by atoms with Gasteiger partial charge >= 0.3 is 0 Å². The van der Waals surface area contributed by atoms with Gasteiger partial charge in [0.25, 0.3) is 0 Å². The summed E-state index contributed by atoms with van der Waals surface area (Å²) in [5, 5.41) is 18.1. The van der Waals surface area contributed by atoms with E-state index in [1.807, 2.05) is 17.9 Å². The van der Waals surface area contributed by atoms with Crippen LogP contribution in [0.1, 0.15) is 11.1 Å². The topological polar surface area (TPSA) is 65.8 Å². The van der Waals surface area contributed by atoms with Crippen molar-refractivity contribution in [2.24, 2.45) is 0 Å². The summed E-state index contributed by atoms with van der Waals surface area (Å²) in [6.45, 7) is 3.80. The Morgan fingerprint density at radius 3 is 2.65 bits per heavy atom. The van der Waals surface area contributed by atoms with E-state index < -0.39 is 0 Å². The monoisotopic (exact) mass is 240 g/mol. The molecule has 1 rings (SSSR count). The van der Waals surface area contributed by atoms with Crippen molar-refractivity contribution in [1.82, 2.24) is 4.98 Å². The Morgan fingerprint density at radius 1 is 1.35 bits per heavy atom. The molecule has 0 atom stereocenters. The minimum Gasteiger partial charge on any atom is -0.395 e. The lowest BCUT2D eigenvalue weighted by Gasteiger charge is -2.24. The minimum atomic E-state index is -0.00775. The molecular weight excluding hydrogens is 220 g/mol. The third-order valence-electron chi connectivity index (χ3n) is 2.52. The van der Waals surface area contributed by atoms with Crippen LogP contribution < -0.4 is 4.90 Å². The average molecular weight is 240 g/mol. The fourth-order valence-corrected chi connectivity index (χ4v) is 1.69. The molecule has 0 radical (unpaired) electrons. The zero-order chi connectivity index (χ0) is 12.7. The first-order valence-electron chi connectivity index (χ1n) is 5.64. The maximum absolute atomic E-state index is 9.04. The first kappa shape index (κ1) is 13.9. The van der Waals surface area contributed by atoms with E-state index in [2.05, 4.69) is 4.98 Å². The molecule has 1 aromatic heterocycles. The molecule has 0 spiro atoms. The van der Waals surface area contributed by atoms with Crippen LogP contribution in [-0.2, 0) is 11.3 Å². The molecule has 0 amide bonds. The summed E-state index contributed by atoms with van der Waals surface area (Å²) in [6.07, 6.45) is 1.65. The van der Waals surface area contributed by atoms with Gasteiger partial charge in [-0.15, -0.1) is 0 Å². The van der Waals surface area contributed by atoms with E-state index in [1.54, 1.807) is 13.3 Å². The molecule has 0 aliphatic carbocycles. The van der Waals surface area contributed by atoms with Gasteiger partial charge in [0, 0.05) is 26.4 Å². The molecule has 0 fully saturated rings. The van der Waals surface area contributed by atoms with Gasteiger partial charge < -0.3 is 19.8 Å². The second kappa shape index (κ2) is 7.21. The highest BCUT2D eigenvalue weighted by atomic mass is 16.5. The van der Waals surface area contributed by atoms with Crippen molar-refractivity contribution >= 4 is 5.82 Å². The minimum absolute atomic E-state index is 0.00775. The van der Waals surface area contributed by atoms with Gasteiger partial charge in [-0.2, -0.15) is 0 Å². The summed E-state index contributed by atoms with van der Waals surface area (Å²) in [4.78, 5) is 6.29. The molecule has 96 valence electrons. The zero-order valence-electron chi connectivity index (χ0n) is 10.4. The summed E-state index contributed by atoms with van der Waals surface area (Å²) in [6, 6.07) is 1.90. The average Bonchev–Trinajstić information content (AvgIpc) is 2.34. The van der Waals surface area contributed by atoms with Crippen LogP contribution in [0.5, 0.6) is 0 Å². The van der Waals surface area contributed by atoms with E-state index in [0.717, 1.165) is 16.9 Å². The van der Waals surface area contributed by atoms with Crippen molar-refractivity contribution < 1.29 is 14.9 Å². The molecule has 5 heteroatoms. The smallest absolute Gasteiger partial charge is 0.131 e. The number of nitrogens with zero attached hydrogens (tertiary/aromatic N) is 2. The molecule has 2 N–H and O–H groups in total. The van der Waals surface area contributed by atoms with Crippen LogP contribution >= 0.6 is 0 Å². The van der Waals surface area contributed by atoms with Gasteiger partial charge in [0.1, 0.15) is 5.82 Å². The predicted molar refractivity (Wildman–Crippen MR) is 66.1 cm³/mol. The highest BCUT2D eigenvalue weighted by Crippen LogP contribution is 2.17. The largest absolute Gasteiger partial charge is 0.395 e. The molecule has 17 heavy (non-hydrogen) atoms. The number of hydrogen-bond acceptors (Lipinski definition) is 5. The number of rotatable bonds is 7. The Hall–Kier alpha value is -1.17. The van der Waals surface area contributed by atoms with Crippen LogP contribution in [0.3, 0.4) is 0 Å². The Bertz CT molecular complexity index is 345. The zero-order valence-corrected chi connectivity index (χ0v) is 10.4. The molecule has 1 aromatic rings. The Balaban J connectivity index is 2.85. The molecule has 1 heterocycles. The van der Waals surface area contributed by atoms with E-state index in [9.17, 15) is 0 Å². The van der Waals surface area contributed by atoms with E-state index >= 15 is 0 Å². The Labute approximate surface area is 102 Å². The number of aryl methyl sites for hydroxylation is 1. The molecule has 0 saturated heterocycles. The molecule has 0 bridgehead atoms. The second-order valence-electron chi connectivity index (χ2n) is 3.85. The van der Waals surface area contributed by atoms with Crippen LogP contribution in [0.15, 0.2) is 12.3 Å². The second-order valence-corrected chi connectivity index (χ2v) is 3.85. The number of anilines is 1. The standard InChI is InChI=1S/C12H20N2O3/c1-10-7-11(9-16)8-13-12(10)14(3-5-15)4-6-17-2/h7-8,15-16H,3-6,9H2,1-2H3. The van der Waals surface area contributed by atoms with Crippen molar-refractivity contribution in [3.8, 4) is 0 Å². The third-order valence-corrected chi connectivity index (χ3v) is 2.52. The fraction of sp³-hybridized carbons (Fsp3) is 0.583. The summed E-state index contributed by atoms with van der Waals surface area (Å²) in [7, 11) is 1.65. The quantitative estimate of drug-likeness (QED) is 0.719. The van der Waals surface area contributed by atoms with Gasteiger partial charge in [-0.25, -0.2) is 4.98 Å². The van der Waals surface area contributed by atoms with Crippen molar-refractivity contribution in [2.75, 3.05) is 38.3 Å². The highest BCUT2D eigenvalue weighted by Gasteiger charge is 2.10. The van der Waals surface area contributed by atoms with Gasteiger partial charge in [0.05, 0.1) is 19.8 Å². The SMILES string of the molecule is COCCN(CCO)c1ncc(CO)cc1C. The van der Waals surface area contributed by atoms with Gasteiger partial charge in [-0.05, 0) is 24.1 Å². The van der Waals surface area contributed by atoms with Gasteiger partial charge in [0.15, 0.2) is 0 Å². The van der Waals surface area contributed by atoms with Crippen LogP contribution in [0.25, 0.3) is 0 Å². The normalized spacial score (nSPS) is 10.6. The lowest BCUT2D eigenvalue weighted by Crippen LogP contribution is -2.31. The predicted octanol–water partition coefficient (Wildman–Crippen LogP) is 0.327. The maximum atomic E-state index is 9.04. The van der Waals surface area contributed by atoms with Crippen LogP contribution in [0, 0.1) is 6.92 Å². The number of ether oxygens (including phenoxy) is 1. The van der Waals surface area contributed by atoms with E-state index in [-0.39, 0.29) is 13.2 Å². The summed E-state index contributed by atoms with van der Waals surface area (Å²) < 4.78 is 5.03. The molecule has 0 unspecified atom stereocenters. The lowest BCUT2D eigenvalue weighted by molar-refractivity contribution is 0.202.